The van der Waals surface area contributed by atoms with Crippen molar-refractivity contribution in [3.8, 4) is 28.5 Å². The van der Waals surface area contributed by atoms with Gasteiger partial charge in [0.15, 0.2) is 0 Å². The van der Waals surface area contributed by atoms with Crippen LogP contribution in [0, 0.1) is 11.3 Å². The third-order valence-electron chi connectivity index (χ3n) is 3.31. The number of aromatic nitrogens is 1. The number of hydrogen-bond donors (Lipinski definition) is 0. The molecule has 0 N–H and O–H groups in total. The predicted molar refractivity (Wildman–Crippen MR) is 89.8 cm³/mol. The van der Waals surface area contributed by atoms with E-state index in [4.69, 9.17) is 23.2 Å². The minimum Gasteiger partial charge on any atom is -0.235 e. The molecule has 3 rings (SSSR count). The molecule has 0 fully saturated rings. The molecule has 0 aliphatic rings. The second-order valence-electron chi connectivity index (χ2n) is 4.71. The second kappa shape index (κ2) is 6.19. The largest absolute Gasteiger partial charge is 0.235 e. The van der Waals surface area contributed by atoms with Crippen LogP contribution >= 0.6 is 23.2 Å². The molecule has 0 aliphatic carbocycles. The summed E-state index contributed by atoms with van der Waals surface area (Å²) in [5, 5.41) is 10.2. The molecule has 0 aliphatic heterocycles. The molecule has 4 heteroatoms. The topological polar surface area (TPSA) is 36.7 Å². The van der Waals surface area contributed by atoms with Crippen LogP contribution in [0.4, 0.5) is 0 Å². The maximum absolute atomic E-state index is 9.38. The molecule has 0 saturated heterocycles. The second-order valence-corrected chi connectivity index (χ2v) is 5.50. The van der Waals surface area contributed by atoms with E-state index in [2.05, 4.69) is 11.1 Å². The van der Waals surface area contributed by atoms with Crippen molar-refractivity contribution in [3.05, 3.63) is 76.4 Å². The van der Waals surface area contributed by atoms with Gasteiger partial charge in [-0.2, -0.15) is 5.26 Å². The van der Waals surface area contributed by atoms with Gasteiger partial charge in [0.05, 0.1) is 11.3 Å². The summed E-state index contributed by atoms with van der Waals surface area (Å²) in [6.45, 7) is 0. The van der Waals surface area contributed by atoms with Gasteiger partial charge in [-0.1, -0.05) is 65.7 Å². The highest BCUT2D eigenvalue weighted by Crippen LogP contribution is 2.32. The van der Waals surface area contributed by atoms with Gasteiger partial charge in [-0.15, -0.1) is 0 Å². The zero-order chi connectivity index (χ0) is 15.5. The number of halogens is 2. The Hall–Kier alpha value is -2.34. The molecule has 22 heavy (non-hydrogen) atoms. The summed E-state index contributed by atoms with van der Waals surface area (Å²) in [6.07, 6.45) is 0. The van der Waals surface area contributed by atoms with Gasteiger partial charge in [0.25, 0.3) is 0 Å². The van der Waals surface area contributed by atoms with E-state index in [-0.39, 0.29) is 5.15 Å². The van der Waals surface area contributed by atoms with Crippen LogP contribution < -0.4 is 0 Å². The molecule has 0 bridgehead atoms. The number of hydrogen-bond acceptors (Lipinski definition) is 2. The van der Waals surface area contributed by atoms with Crippen LogP contribution in [0.5, 0.6) is 0 Å². The number of nitrogens with zero attached hydrogens (tertiary/aromatic N) is 2. The van der Waals surface area contributed by atoms with Crippen molar-refractivity contribution >= 4 is 23.2 Å². The maximum atomic E-state index is 9.38. The molecule has 0 spiro atoms. The molecule has 3 aromatic rings. The molecule has 2 nitrogen and oxygen atoms in total. The van der Waals surface area contributed by atoms with Crippen LogP contribution in [-0.2, 0) is 0 Å². The van der Waals surface area contributed by atoms with E-state index in [9.17, 15) is 5.26 Å². The standard InChI is InChI=1S/C18H10Cl2N2/c19-14-8-6-12(7-9-14)15-10-17(13-4-2-1-3-5-13)22-18(20)16(15)11-21/h1-10H. The average molecular weight is 325 g/mol. The van der Waals surface area contributed by atoms with Crippen molar-refractivity contribution in [2.75, 3.05) is 0 Å². The van der Waals surface area contributed by atoms with Crippen molar-refractivity contribution in [2.45, 2.75) is 0 Å². The Kier molecular flexibility index (Phi) is 4.11. The van der Waals surface area contributed by atoms with E-state index in [1.54, 1.807) is 12.1 Å². The summed E-state index contributed by atoms with van der Waals surface area (Å²) in [4.78, 5) is 4.33. The van der Waals surface area contributed by atoms with Crippen LogP contribution in [0.15, 0.2) is 60.7 Å². The van der Waals surface area contributed by atoms with Gasteiger partial charge in [0.1, 0.15) is 11.2 Å². The fourth-order valence-electron chi connectivity index (χ4n) is 2.23. The first-order valence-corrected chi connectivity index (χ1v) is 7.36. The minimum atomic E-state index is 0.203. The average Bonchev–Trinajstić information content (AvgIpc) is 2.55. The lowest BCUT2D eigenvalue weighted by Crippen LogP contribution is -1.93. The summed E-state index contributed by atoms with van der Waals surface area (Å²) in [7, 11) is 0. The molecule has 0 unspecified atom stereocenters. The van der Waals surface area contributed by atoms with E-state index in [0.29, 0.717) is 10.6 Å². The number of nitriles is 1. The zero-order valence-corrected chi connectivity index (χ0v) is 12.9. The molecule has 2 aromatic carbocycles. The Bertz CT molecular complexity index is 851. The Balaban J connectivity index is 2.22. The third-order valence-corrected chi connectivity index (χ3v) is 3.84. The van der Waals surface area contributed by atoms with E-state index >= 15 is 0 Å². The number of rotatable bonds is 2. The highest BCUT2D eigenvalue weighted by molar-refractivity contribution is 6.31. The smallest absolute Gasteiger partial charge is 0.148 e. The summed E-state index contributed by atoms with van der Waals surface area (Å²) < 4.78 is 0. The van der Waals surface area contributed by atoms with Crippen molar-refractivity contribution in [2.24, 2.45) is 0 Å². The monoisotopic (exact) mass is 324 g/mol. The van der Waals surface area contributed by atoms with Crippen LogP contribution in [0.2, 0.25) is 10.2 Å². The fraction of sp³-hybridized carbons (Fsp3) is 0. The van der Waals surface area contributed by atoms with Crippen molar-refractivity contribution in [1.29, 1.82) is 5.26 Å². The lowest BCUT2D eigenvalue weighted by Gasteiger charge is -2.09. The zero-order valence-electron chi connectivity index (χ0n) is 11.4. The van der Waals surface area contributed by atoms with E-state index in [1.165, 1.54) is 0 Å². The van der Waals surface area contributed by atoms with Crippen LogP contribution in [0.25, 0.3) is 22.4 Å². The fourth-order valence-corrected chi connectivity index (χ4v) is 2.60. The first-order chi connectivity index (χ1) is 10.7. The molecule has 0 amide bonds. The minimum absolute atomic E-state index is 0.203. The summed E-state index contributed by atoms with van der Waals surface area (Å²) in [5.41, 5.74) is 3.67. The SMILES string of the molecule is N#Cc1c(-c2ccc(Cl)cc2)cc(-c2ccccc2)nc1Cl. The molecule has 1 heterocycles. The van der Waals surface area contributed by atoms with Gasteiger partial charge in [-0.25, -0.2) is 4.98 Å². The van der Waals surface area contributed by atoms with Gasteiger partial charge in [-0.3, -0.25) is 0 Å². The Morgan fingerprint density at radius 1 is 0.864 bits per heavy atom. The molecular weight excluding hydrogens is 315 g/mol. The van der Waals surface area contributed by atoms with E-state index in [0.717, 1.165) is 22.4 Å². The molecule has 106 valence electrons. The lowest BCUT2D eigenvalue weighted by atomic mass is 9.99. The van der Waals surface area contributed by atoms with Gasteiger partial charge in [0.2, 0.25) is 0 Å². The van der Waals surface area contributed by atoms with Crippen molar-refractivity contribution in [1.82, 2.24) is 4.98 Å². The lowest BCUT2D eigenvalue weighted by molar-refractivity contribution is 1.30. The van der Waals surface area contributed by atoms with E-state index in [1.807, 2.05) is 48.5 Å². The molecule has 0 atom stereocenters. The van der Waals surface area contributed by atoms with Gasteiger partial charge < -0.3 is 0 Å². The Morgan fingerprint density at radius 2 is 1.55 bits per heavy atom. The Labute approximate surface area is 138 Å². The summed E-state index contributed by atoms with van der Waals surface area (Å²) >= 11 is 12.1. The molecule has 0 saturated carbocycles. The van der Waals surface area contributed by atoms with Crippen molar-refractivity contribution in [3.63, 3.8) is 0 Å². The number of benzene rings is 2. The van der Waals surface area contributed by atoms with E-state index < -0.39 is 0 Å². The first-order valence-electron chi connectivity index (χ1n) is 6.61. The van der Waals surface area contributed by atoms with Gasteiger partial charge in [0, 0.05) is 16.1 Å². The third kappa shape index (κ3) is 2.82. The van der Waals surface area contributed by atoms with Crippen LogP contribution in [0.3, 0.4) is 0 Å². The first kappa shape index (κ1) is 14.6. The van der Waals surface area contributed by atoms with Gasteiger partial charge >= 0.3 is 0 Å². The number of pyridine rings is 1. The molecular formula is C18H10Cl2N2. The molecule has 1 aromatic heterocycles. The highest BCUT2D eigenvalue weighted by atomic mass is 35.5. The summed E-state index contributed by atoms with van der Waals surface area (Å²) in [6, 6.07) is 21.0. The van der Waals surface area contributed by atoms with Crippen molar-refractivity contribution < 1.29 is 0 Å². The quantitative estimate of drug-likeness (QED) is 0.576. The maximum Gasteiger partial charge on any atom is 0.148 e. The normalized spacial score (nSPS) is 10.2. The van der Waals surface area contributed by atoms with Crippen LogP contribution in [0.1, 0.15) is 5.56 Å². The summed E-state index contributed by atoms with van der Waals surface area (Å²) in [5.74, 6) is 0. The predicted octanol–water partition coefficient (Wildman–Crippen LogP) is 5.59. The molecule has 0 radical (unpaired) electrons. The highest BCUT2D eigenvalue weighted by Gasteiger charge is 2.13. The Morgan fingerprint density at radius 3 is 2.18 bits per heavy atom. The van der Waals surface area contributed by atoms with Gasteiger partial charge in [-0.05, 0) is 23.8 Å². The van der Waals surface area contributed by atoms with Crippen LogP contribution in [-0.4, -0.2) is 4.98 Å².